The number of nitrogens with two attached hydrogens (primary N) is 1. The molecule has 1 heterocycles. The van der Waals surface area contributed by atoms with Crippen molar-refractivity contribution in [3.05, 3.63) is 23.9 Å². The minimum absolute atomic E-state index is 0.0672. The van der Waals surface area contributed by atoms with Gasteiger partial charge in [-0.2, -0.15) is 0 Å². The summed E-state index contributed by atoms with van der Waals surface area (Å²) in [6.07, 6.45) is 3.10. The van der Waals surface area contributed by atoms with Crippen LogP contribution in [-0.4, -0.2) is 23.4 Å². The molecule has 0 radical (unpaired) electrons. The van der Waals surface area contributed by atoms with Gasteiger partial charge in [0.25, 0.3) is 0 Å². The van der Waals surface area contributed by atoms with Crippen LogP contribution >= 0.6 is 0 Å². The minimum atomic E-state index is -0.656. The van der Waals surface area contributed by atoms with Gasteiger partial charge in [-0.3, -0.25) is 4.79 Å². The maximum absolute atomic E-state index is 11.9. The molecule has 1 aromatic rings. The molecule has 2 rings (SSSR count). The fourth-order valence-electron chi connectivity index (χ4n) is 1.36. The number of aromatic nitrogens is 1. The van der Waals surface area contributed by atoms with E-state index >= 15 is 0 Å². The predicted molar refractivity (Wildman–Crippen MR) is 51.3 cm³/mol. The van der Waals surface area contributed by atoms with Crippen LogP contribution in [0.5, 0.6) is 5.88 Å². The molecular formula is C10H12N2O2. The quantitative estimate of drug-likeness (QED) is 0.718. The van der Waals surface area contributed by atoms with Crippen LogP contribution in [0.15, 0.2) is 18.3 Å². The van der Waals surface area contributed by atoms with Gasteiger partial charge >= 0.3 is 0 Å². The van der Waals surface area contributed by atoms with E-state index in [2.05, 4.69) is 4.98 Å². The number of nitrogens with zero attached hydrogens (tertiary/aromatic N) is 1. The first-order valence-corrected chi connectivity index (χ1v) is 4.50. The molecule has 74 valence electrons. The average Bonchev–Trinajstić information content (AvgIpc) is 2.97. The number of methoxy groups -OCH3 is 1. The molecule has 2 N–H and O–H groups in total. The number of hydrogen-bond donors (Lipinski definition) is 1. The van der Waals surface area contributed by atoms with Crippen molar-refractivity contribution in [1.29, 1.82) is 0 Å². The van der Waals surface area contributed by atoms with Crippen LogP contribution in [-0.2, 0) is 0 Å². The van der Waals surface area contributed by atoms with Crippen molar-refractivity contribution in [2.45, 2.75) is 18.4 Å². The van der Waals surface area contributed by atoms with Gasteiger partial charge in [0.05, 0.1) is 18.2 Å². The molecule has 1 aliphatic carbocycles. The lowest BCUT2D eigenvalue weighted by molar-refractivity contribution is 0.0945. The molecule has 0 saturated heterocycles. The van der Waals surface area contributed by atoms with Crippen LogP contribution in [0.3, 0.4) is 0 Å². The molecule has 1 aromatic heterocycles. The van der Waals surface area contributed by atoms with Crippen molar-refractivity contribution < 1.29 is 9.53 Å². The van der Waals surface area contributed by atoms with Crippen LogP contribution < -0.4 is 10.5 Å². The summed E-state index contributed by atoms with van der Waals surface area (Å²) in [6.45, 7) is 0. The minimum Gasteiger partial charge on any atom is -0.480 e. The third kappa shape index (κ3) is 1.37. The number of rotatable bonds is 3. The van der Waals surface area contributed by atoms with Gasteiger partial charge in [-0.25, -0.2) is 4.98 Å². The Kier molecular flexibility index (Phi) is 2.00. The molecule has 0 amide bonds. The highest BCUT2D eigenvalue weighted by Crippen LogP contribution is 2.37. The molecule has 0 atom stereocenters. The summed E-state index contributed by atoms with van der Waals surface area (Å²) in [5, 5.41) is 0. The van der Waals surface area contributed by atoms with Crippen molar-refractivity contribution in [2.75, 3.05) is 7.11 Å². The molecule has 0 unspecified atom stereocenters. The van der Waals surface area contributed by atoms with E-state index in [1.807, 2.05) is 0 Å². The zero-order chi connectivity index (χ0) is 10.2. The molecule has 0 bridgehead atoms. The highest BCUT2D eigenvalue weighted by molar-refractivity contribution is 6.06. The highest BCUT2D eigenvalue weighted by Gasteiger charge is 2.47. The van der Waals surface area contributed by atoms with E-state index in [0.29, 0.717) is 11.4 Å². The zero-order valence-electron chi connectivity index (χ0n) is 7.99. The lowest BCUT2D eigenvalue weighted by atomic mass is 10.0. The first kappa shape index (κ1) is 9.15. The van der Waals surface area contributed by atoms with Gasteiger partial charge in [0.15, 0.2) is 5.78 Å². The van der Waals surface area contributed by atoms with E-state index in [-0.39, 0.29) is 5.78 Å². The summed E-state index contributed by atoms with van der Waals surface area (Å²) in [6, 6.07) is 3.41. The fraction of sp³-hybridized carbons (Fsp3) is 0.400. The summed E-state index contributed by atoms with van der Waals surface area (Å²) in [4.78, 5) is 15.8. The molecule has 0 aliphatic heterocycles. The van der Waals surface area contributed by atoms with Gasteiger partial charge < -0.3 is 10.5 Å². The van der Waals surface area contributed by atoms with E-state index in [1.54, 1.807) is 18.3 Å². The Hall–Kier alpha value is -1.42. The maximum atomic E-state index is 11.9. The number of hydrogen-bond acceptors (Lipinski definition) is 4. The van der Waals surface area contributed by atoms with Crippen LogP contribution in [0.4, 0.5) is 0 Å². The van der Waals surface area contributed by atoms with Gasteiger partial charge in [-0.05, 0) is 25.0 Å². The molecule has 0 aromatic carbocycles. The maximum Gasteiger partial charge on any atom is 0.224 e. The molecular weight excluding hydrogens is 180 g/mol. The van der Waals surface area contributed by atoms with Crippen LogP contribution in [0.1, 0.15) is 23.2 Å². The van der Waals surface area contributed by atoms with Gasteiger partial charge in [-0.15, -0.1) is 0 Å². The fourth-order valence-corrected chi connectivity index (χ4v) is 1.36. The van der Waals surface area contributed by atoms with E-state index < -0.39 is 5.54 Å². The lowest BCUT2D eigenvalue weighted by Crippen LogP contribution is -2.33. The van der Waals surface area contributed by atoms with E-state index in [0.717, 1.165) is 12.8 Å². The Morgan fingerprint density at radius 1 is 1.64 bits per heavy atom. The standard InChI is InChI=1S/C10H12N2O2/c1-14-9-7(3-2-6-12-9)8(13)10(11)4-5-10/h2-3,6H,4-5,11H2,1H3. The second-order valence-electron chi connectivity index (χ2n) is 3.55. The van der Waals surface area contributed by atoms with Gasteiger partial charge in [0.2, 0.25) is 5.88 Å². The van der Waals surface area contributed by atoms with E-state index in [9.17, 15) is 4.79 Å². The molecule has 1 saturated carbocycles. The Labute approximate surface area is 82.1 Å². The molecule has 4 nitrogen and oxygen atoms in total. The summed E-state index contributed by atoms with van der Waals surface area (Å²) in [5.74, 6) is 0.289. The number of ketones is 1. The topological polar surface area (TPSA) is 65.2 Å². The summed E-state index contributed by atoms with van der Waals surface area (Å²) >= 11 is 0. The monoisotopic (exact) mass is 192 g/mol. The summed E-state index contributed by atoms with van der Waals surface area (Å²) in [5.41, 5.74) is 5.64. The number of pyridine rings is 1. The highest BCUT2D eigenvalue weighted by atomic mass is 16.5. The van der Waals surface area contributed by atoms with Gasteiger partial charge in [0.1, 0.15) is 0 Å². The largest absolute Gasteiger partial charge is 0.480 e. The second kappa shape index (κ2) is 3.06. The number of carbonyl (C=O) groups excluding carboxylic acids is 1. The Balaban J connectivity index is 2.35. The second-order valence-corrected chi connectivity index (χ2v) is 3.55. The van der Waals surface area contributed by atoms with Crippen molar-refractivity contribution in [1.82, 2.24) is 4.98 Å². The first-order valence-electron chi connectivity index (χ1n) is 4.50. The van der Waals surface area contributed by atoms with Crippen molar-refractivity contribution in [3.8, 4) is 5.88 Å². The number of Topliss-reactive ketones (excluding diaryl/α,β-unsaturated/α-hetero) is 1. The third-order valence-corrected chi connectivity index (χ3v) is 2.45. The van der Waals surface area contributed by atoms with Crippen LogP contribution in [0.25, 0.3) is 0 Å². The number of ether oxygens (including phenoxy) is 1. The van der Waals surface area contributed by atoms with Gasteiger partial charge in [0, 0.05) is 6.20 Å². The molecule has 0 spiro atoms. The molecule has 1 fully saturated rings. The third-order valence-electron chi connectivity index (χ3n) is 2.45. The molecule has 14 heavy (non-hydrogen) atoms. The SMILES string of the molecule is COc1ncccc1C(=O)C1(N)CC1. The van der Waals surface area contributed by atoms with Crippen LogP contribution in [0.2, 0.25) is 0 Å². The Morgan fingerprint density at radius 3 is 2.93 bits per heavy atom. The van der Waals surface area contributed by atoms with Gasteiger partial charge in [-0.1, -0.05) is 0 Å². The lowest BCUT2D eigenvalue weighted by Gasteiger charge is -2.09. The van der Waals surface area contributed by atoms with Crippen molar-refractivity contribution >= 4 is 5.78 Å². The Bertz CT molecular complexity index is 372. The smallest absolute Gasteiger partial charge is 0.224 e. The van der Waals surface area contributed by atoms with Crippen LogP contribution in [0, 0.1) is 0 Å². The van der Waals surface area contributed by atoms with E-state index in [1.165, 1.54) is 7.11 Å². The first-order chi connectivity index (χ1) is 6.67. The summed E-state index contributed by atoms with van der Waals surface area (Å²) in [7, 11) is 1.50. The average molecular weight is 192 g/mol. The molecule has 1 aliphatic rings. The van der Waals surface area contributed by atoms with Crippen molar-refractivity contribution in [3.63, 3.8) is 0 Å². The summed E-state index contributed by atoms with van der Waals surface area (Å²) < 4.78 is 5.00. The normalized spacial score (nSPS) is 17.6. The number of carbonyl (C=O) groups is 1. The zero-order valence-corrected chi connectivity index (χ0v) is 7.99. The predicted octanol–water partition coefficient (Wildman–Crippen LogP) is 0.764. The molecule has 4 heteroatoms. The van der Waals surface area contributed by atoms with E-state index in [4.69, 9.17) is 10.5 Å². The van der Waals surface area contributed by atoms with Crippen molar-refractivity contribution in [2.24, 2.45) is 5.73 Å². The Morgan fingerprint density at radius 2 is 2.36 bits per heavy atom.